The minimum Gasteiger partial charge on any atom is -0.480 e. The number of carboxylic acids is 1. The number of nitrogens with one attached hydrogen (secondary N) is 1. The number of aliphatic carboxylic acids is 1. The summed E-state index contributed by atoms with van der Waals surface area (Å²) in [6.07, 6.45) is 1.84. The first-order valence-corrected chi connectivity index (χ1v) is 6.39. The van der Waals surface area contributed by atoms with Gasteiger partial charge in [-0.25, -0.2) is 4.79 Å². The van der Waals surface area contributed by atoms with Crippen LogP contribution in [0.2, 0.25) is 0 Å². The van der Waals surface area contributed by atoms with Gasteiger partial charge in [0.2, 0.25) is 0 Å². The Morgan fingerprint density at radius 3 is 2.33 bits per heavy atom. The first kappa shape index (κ1) is 14.8. The molecule has 104 valence electrons. The molecule has 6 heteroatoms. The predicted octanol–water partition coefficient (Wildman–Crippen LogP) is 0.585. The highest BCUT2D eigenvalue weighted by Crippen LogP contribution is 2.13. The molecule has 0 bridgehead atoms. The molecule has 0 aliphatic carbocycles. The lowest BCUT2D eigenvalue weighted by molar-refractivity contribution is -0.138. The number of amides is 2. The minimum atomic E-state index is -0.976. The maximum atomic E-state index is 12.3. The summed E-state index contributed by atoms with van der Waals surface area (Å²) in [5, 5.41) is 12.1. The molecule has 0 radical (unpaired) electrons. The van der Waals surface area contributed by atoms with Crippen LogP contribution >= 0.6 is 0 Å². The van der Waals surface area contributed by atoms with E-state index < -0.39 is 5.97 Å². The van der Waals surface area contributed by atoms with Gasteiger partial charge in [-0.1, -0.05) is 0 Å². The van der Waals surface area contributed by atoms with Crippen molar-refractivity contribution >= 4 is 12.0 Å². The zero-order valence-electron chi connectivity index (χ0n) is 11.3. The number of carbonyl (C=O) groups excluding carboxylic acids is 1. The van der Waals surface area contributed by atoms with Gasteiger partial charge in [0.05, 0.1) is 0 Å². The van der Waals surface area contributed by atoms with E-state index in [4.69, 9.17) is 5.11 Å². The van der Waals surface area contributed by atoms with Crippen molar-refractivity contribution in [3.05, 3.63) is 0 Å². The van der Waals surface area contributed by atoms with Gasteiger partial charge in [-0.05, 0) is 39.8 Å². The van der Waals surface area contributed by atoms with Crippen molar-refractivity contribution in [3.8, 4) is 0 Å². The van der Waals surface area contributed by atoms with Gasteiger partial charge in [0, 0.05) is 19.1 Å². The average molecular weight is 257 g/mol. The first-order chi connectivity index (χ1) is 8.43. The second kappa shape index (κ2) is 6.58. The van der Waals surface area contributed by atoms with E-state index in [9.17, 15) is 9.59 Å². The fraction of sp³-hybridized carbons (Fsp3) is 0.833. The molecule has 0 aromatic rings. The van der Waals surface area contributed by atoms with Crippen molar-refractivity contribution in [1.29, 1.82) is 0 Å². The van der Waals surface area contributed by atoms with Gasteiger partial charge in [-0.2, -0.15) is 0 Å². The van der Waals surface area contributed by atoms with Gasteiger partial charge in [-0.3, -0.25) is 4.79 Å². The van der Waals surface area contributed by atoms with Crippen molar-refractivity contribution in [2.24, 2.45) is 0 Å². The summed E-state index contributed by atoms with van der Waals surface area (Å²) in [5.41, 5.74) is 0. The van der Waals surface area contributed by atoms with Gasteiger partial charge >= 0.3 is 12.0 Å². The third-order valence-electron chi connectivity index (χ3n) is 3.33. The molecular formula is C12H23N3O3. The molecule has 0 aromatic heterocycles. The summed E-state index contributed by atoms with van der Waals surface area (Å²) in [7, 11) is 1.76. The predicted molar refractivity (Wildman–Crippen MR) is 68.5 cm³/mol. The van der Waals surface area contributed by atoms with Crippen molar-refractivity contribution < 1.29 is 14.7 Å². The van der Waals surface area contributed by atoms with Gasteiger partial charge in [0.25, 0.3) is 0 Å². The van der Waals surface area contributed by atoms with Crippen LogP contribution in [0.3, 0.4) is 0 Å². The summed E-state index contributed by atoms with van der Waals surface area (Å²) < 4.78 is 0. The molecule has 1 rings (SSSR count). The summed E-state index contributed by atoms with van der Waals surface area (Å²) in [5.74, 6) is -0.976. The maximum Gasteiger partial charge on any atom is 0.323 e. The third kappa shape index (κ3) is 3.87. The molecule has 0 saturated carbocycles. The Morgan fingerprint density at radius 2 is 1.89 bits per heavy atom. The molecule has 1 saturated heterocycles. The fourth-order valence-corrected chi connectivity index (χ4v) is 2.17. The van der Waals surface area contributed by atoms with E-state index in [0.29, 0.717) is 0 Å². The Kier molecular flexibility index (Phi) is 5.40. The van der Waals surface area contributed by atoms with Crippen molar-refractivity contribution in [2.75, 3.05) is 26.7 Å². The van der Waals surface area contributed by atoms with Crippen LogP contribution in [0, 0.1) is 0 Å². The van der Waals surface area contributed by atoms with Crippen LogP contribution in [0.5, 0.6) is 0 Å². The van der Waals surface area contributed by atoms with Crippen LogP contribution < -0.4 is 5.32 Å². The largest absolute Gasteiger partial charge is 0.480 e. The SMILES string of the molecule is CC(C)N(CC(=O)O)C(=O)N(C)C1CCNCC1. The zero-order valence-corrected chi connectivity index (χ0v) is 11.3. The Bertz CT molecular complexity index is 301. The molecule has 1 aliphatic heterocycles. The van der Waals surface area contributed by atoms with Gasteiger partial charge < -0.3 is 20.2 Å². The Labute approximate surface area is 108 Å². The molecule has 0 atom stereocenters. The Balaban J connectivity index is 2.65. The van der Waals surface area contributed by atoms with Crippen LogP contribution in [0.25, 0.3) is 0 Å². The molecule has 0 aromatic carbocycles. The maximum absolute atomic E-state index is 12.3. The molecule has 18 heavy (non-hydrogen) atoms. The van der Waals surface area contributed by atoms with Gasteiger partial charge in [0.1, 0.15) is 6.54 Å². The summed E-state index contributed by atoms with van der Waals surface area (Å²) in [6, 6.07) is -0.106. The lowest BCUT2D eigenvalue weighted by atomic mass is 10.1. The normalized spacial score (nSPS) is 16.7. The monoisotopic (exact) mass is 257 g/mol. The average Bonchev–Trinajstić information content (AvgIpc) is 2.34. The van der Waals surface area contributed by atoms with E-state index in [1.807, 2.05) is 13.8 Å². The summed E-state index contributed by atoms with van der Waals surface area (Å²) >= 11 is 0. The molecule has 0 unspecified atom stereocenters. The van der Waals surface area contributed by atoms with Crippen LogP contribution in [0.15, 0.2) is 0 Å². The number of carboxylic acid groups (broad SMARTS) is 1. The van der Waals surface area contributed by atoms with E-state index in [-0.39, 0.29) is 24.7 Å². The zero-order chi connectivity index (χ0) is 13.7. The topological polar surface area (TPSA) is 72.9 Å². The molecular weight excluding hydrogens is 234 g/mol. The molecule has 1 heterocycles. The van der Waals surface area contributed by atoms with E-state index in [0.717, 1.165) is 25.9 Å². The summed E-state index contributed by atoms with van der Waals surface area (Å²) in [6.45, 7) is 5.23. The van der Waals surface area contributed by atoms with E-state index >= 15 is 0 Å². The highest BCUT2D eigenvalue weighted by Gasteiger charge is 2.28. The molecule has 0 spiro atoms. The van der Waals surface area contributed by atoms with Gasteiger partial charge in [-0.15, -0.1) is 0 Å². The van der Waals surface area contributed by atoms with Crippen LogP contribution in [0.4, 0.5) is 4.79 Å². The minimum absolute atomic E-state index is 0.113. The van der Waals surface area contributed by atoms with Crippen molar-refractivity contribution in [2.45, 2.75) is 38.8 Å². The highest BCUT2D eigenvalue weighted by molar-refractivity contribution is 5.80. The third-order valence-corrected chi connectivity index (χ3v) is 3.33. The van der Waals surface area contributed by atoms with Gasteiger partial charge in [0.15, 0.2) is 0 Å². The molecule has 1 fully saturated rings. The van der Waals surface area contributed by atoms with Crippen LogP contribution in [0.1, 0.15) is 26.7 Å². The van der Waals surface area contributed by atoms with Crippen molar-refractivity contribution in [3.63, 3.8) is 0 Å². The Hall–Kier alpha value is -1.30. The number of carbonyl (C=O) groups is 2. The number of hydrogen-bond acceptors (Lipinski definition) is 3. The quantitative estimate of drug-likeness (QED) is 0.773. The smallest absolute Gasteiger partial charge is 0.323 e. The lowest BCUT2D eigenvalue weighted by Crippen LogP contribution is -2.52. The second-order valence-corrected chi connectivity index (χ2v) is 4.99. The number of rotatable bonds is 4. The number of urea groups is 1. The van der Waals surface area contributed by atoms with Crippen molar-refractivity contribution in [1.82, 2.24) is 15.1 Å². The molecule has 1 aliphatic rings. The molecule has 2 amide bonds. The first-order valence-electron chi connectivity index (χ1n) is 6.39. The standard InChI is InChI=1S/C12H23N3O3/c1-9(2)15(8-11(16)17)12(18)14(3)10-4-6-13-7-5-10/h9-10,13H,4-8H2,1-3H3,(H,16,17). The molecule has 6 nitrogen and oxygen atoms in total. The van der Waals surface area contributed by atoms with E-state index in [2.05, 4.69) is 5.32 Å². The summed E-state index contributed by atoms with van der Waals surface area (Å²) in [4.78, 5) is 26.2. The number of nitrogens with zero attached hydrogens (tertiary/aromatic N) is 2. The van der Waals surface area contributed by atoms with Crippen LogP contribution in [-0.2, 0) is 4.79 Å². The molecule has 2 N–H and O–H groups in total. The second-order valence-electron chi connectivity index (χ2n) is 4.99. The van der Waals surface area contributed by atoms with E-state index in [1.165, 1.54) is 4.90 Å². The van der Waals surface area contributed by atoms with Crippen LogP contribution in [-0.4, -0.2) is 65.7 Å². The fourth-order valence-electron chi connectivity index (χ4n) is 2.17. The highest BCUT2D eigenvalue weighted by atomic mass is 16.4. The lowest BCUT2D eigenvalue weighted by Gasteiger charge is -2.36. The number of piperidine rings is 1. The number of hydrogen-bond donors (Lipinski definition) is 2. The van der Waals surface area contributed by atoms with E-state index in [1.54, 1.807) is 11.9 Å². The Morgan fingerprint density at radius 1 is 1.33 bits per heavy atom.